The van der Waals surface area contributed by atoms with E-state index in [0.29, 0.717) is 36.5 Å². The highest BCUT2D eigenvalue weighted by molar-refractivity contribution is 7.13. The molecule has 0 spiro atoms. The molecule has 1 saturated heterocycles. The van der Waals surface area contributed by atoms with Crippen molar-refractivity contribution in [1.29, 1.82) is 0 Å². The molecule has 0 radical (unpaired) electrons. The van der Waals surface area contributed by atoms with Gasteiger partial charge in [0.2, 0.25) is 5.91 Å². The molecule has 0 atom stereocenters. The third kappa shape index (κ3) is 4.20. The van der Waals surface area contributed by atoms with E-state index in [-0.39, 0.29) is 11.7 Å². The fourth-order valence-electron chi connectivity index (χ4n) is 3.30. The number of benzene rings is 1. The molecule has 7 heteroatoms. The first-order valence-corrected chi connectivity index (χ1v) is 10.2. The predicted molar refractivity (Wildman–Crippen MR) is 109 cm³/mol. The van der Waals surface area contributed by atoms with Gasteiger partial charge in [0.15, 0.2) is 0 Å². The lowest BCUT2D eigenvalue weighted by Gasteiger charge is -2.35. The van der Waals surface area contributed by atoms with Crippen LogP contribution in [0.5, 0.6) is 0 Å². The second kappa shape index (κ2) is 8.48. The van der Waals surface area contributed by atoms with E-state index in [0.717, 1.165) is 24.6 Å². The van der Waals surface area contributed by atoms with Crippen LogP contribution >= 0.6 is 11.3 Å². The highest BCUT2D eigenvalue weighted by atomic mass is 32.1. The minimum atomic E-state index is -0.273. The Kier molecular flexibility index (Phi) is 5.62. The van der Waals surface area contributed by atoms with E-state index in [1.54, 1.807) is 24.4 Å². The minimum absolute atomic E-state index is 0.140. The fraction of sp³-hybridized carbons (Fsp3) is 0.286. The first-order chi connectivity index (χ1) is 13.7. The molecule has 3 heterocycles. The van der Waals surface area contributed by atoms with Gasteiger partial charge in [-0.3, -0.25) is 4.79 Å². The van der Waals surface area contributed by atoms with E-state index in [9.17, 15) is 9.18 Å². The van der Waals surface area contributed by atoms with Crippen LogP contribution in [0.2, 0.25) is 0 Å². The molecule has 3 aromatic rings. The van der Waals surface area contributed by atoms with Gasteiger partial charge in [-0.25, -0.2) is 14.4 Å². The lowest BCUT2D eigenvalue weighted by molar-refractivity contribution is -0.131. The third-order valence-electron chi connectivity index (χ3n) is 4.86. The molecule has 1 fully saturated rings. The van der Waals surface area contributed by atoms with Crippen LogP contribution in [-0.4, -0.2) is 47.0 Å². The molecule has 0 saturated carbocycles. The Labute approximate surface area is 167 Å². The molecule has 2 aromatic heterocycles. The van der Waals surface area contributed by atoms with Crippen molar-refractivity contribution in [3.05, 3.63) is 65.6 Å². The number of anilines is 1. The van der Waals surface area contributed by atoms with E-state index in [1.165, 1.54) is 17.4 Å². The fourth-order valence-corrected chi connectivity index (χ4v) is 4.18. The molecule has 1 aliphatic heterocycles. The minimum Gasteiger partial charge on any atom is -0.353 e. The van der Waals surface area contributed by atoms with Gasteiger partial charge < -0.3 is 9.80 Å². The van der Waals surface area contributed by atoms with Crippen molar-refractivity contribution in [2.45, 2.75) is 12.8 Å². The van der Waals surface area contributed by atoms with Crippen molar-refractivity contribution in [3.63, 3.8) is 0 Å². The van der Waals surface area contributed by atoms with Gasteiger partial charge in [-0.1, -0.05) is 18.2 Å². The molecule has 1 amide bonds. The molecule has 0 aliphatic carbocycles. The first-order valence-electron chi connectivity index (χ1n) is 9.34. The highest BCUT2D eigenvalue weighted by Crippen LogP contribution is 2.26. The van der Waals surface area contributed by atoms with Crippen molar-refractivity contribution in [2.24, 2.45) is 0 Å². The number of halogens is 1. The zero-order valence-corrected chi connectivity index (χ0v) is 16.2. The number of amides is 1. The Morgan fingerprint density at radius 2 is 1.86 bits per heavy atom. The summed E-state index contributed by atoms with van der Waals surface area (Å²) in [7, 11) is 0. The third-order valence-corrected chi connectivity index (χ3v) is 5.78. The summed E-state index contributed by atoms with van der Waals surface area (Å²) in [6.45, 7) is 2.98. The number of piperazine rings is 1. The molecule has 0 bridgehead atoms. The van der Waals surface area contributed by atoms with Crippen LogP contribution in [0.25, 0.3) is 10.6 Å². The molecular formula is C21H21FN4OS. The molecule has 0 unspecified atom stereocenters. The number of hydrogen-bond acceptors (Lipinski definition) is 5. The number of aromatic nitrogens is 2. The smallest absolute Gasteiger partial charge is 0.223 e. The number of thiazole rings is 1. The average molecular weight is 396 g/mol. The van der Waals surface area contributed by atoms with Crippen molar-refractivity contribution in [2.75, 3.05) is 31.1 Å². The molecule has 28 heavy (non-hydrogen) atoms. The number of aryl methyl sites for hydroxylation is 1. The van der Waals surface area contributed by atoms with Gasteiger partial charge in [-0.2, -0.15) is 0 Å². The maximum atomic E-state index is 13.9. The van der Waals surface area contributed by atoms with Gasteiger partial charge in [-0.05, 0) is 30.7 Å². The van der Waals surface area contributed by atoms with Crippen LogP contribution < -0.4 is 4.90 Å². The zero-order chi connectivity index (χ0) is 19.3. The first kappa shape index (κ1) is 18.6. The second-order valence-corrected chi connectivity index (χ2v) is 7.54. The number of nitrogens with zero attached hydrogens (tertiary/aromatic N) is 4. The molecule has 4 rings (SSSR count). The number of hydrogen-bond donors (Lipinski definition) is 0. The highest BCUT2D eigenvalue weighted by Gasteiger charge is 2.21. The van der Waals surface area contributed by atoms with Crippen LogP contribution in [-0.2, 0) is 11.2 Å². The monoisotopic (exact) mass is 396 g/mol. The summed E-state index contributed by atoms with van der Waals surface area (Å²) < 4.78 is 13.9. The van der Waals surface area contributed by atoms with E-state index in [1.807, 2.05) is 28.5 Å². The maximum Gasteiger partial charge on any atom is 0.223 e. The van der Waals surface area contributed by atoms with Gasteiger partial charge >= 0.3 is 0 Å². The van der Waals surface area contributed by atoms with E-state index >= 15 is 0 Å². The standard InChI is InChI=1S/C21H21FN4OS/c22-18-6-2-1-5-17(18)21-24-16(15-28-21)8-9-20(27)26-13-11-25(12-14-26)19-7-3-4-10-23-19/h1-7,10,15H,8-9,11-14H2. The second-order valence-electron chi connectivity index (χ2n) is 6.68. The summed E-state index contributed by atoms with van der Waals surface area (Å²) in [6.07, 6.45) is 2.78. The number of rotatable bonds is 5. The number of carbonyl (C=O) groups excluding carboxylic acids is 1. The van der Waals surface area contributed by atoms with Crippen LogP contribution in [0.3, 0.4) is 0 Å². The van der Waals surface area contributed by atoms with Crippen LogP contribution in [0.1, 0.15) is 12.1 Å². The van der Waals surface area contributed by atoms with E-state index in [2.05, 4.69) is 14.9 Å². The molecule has 144 valence electrons. The van der Waals surface area contributed by atoms with Crippen LogP contribution in [0.4, 0.5) is 10.2 Å². The van der Waals surface area contributed by atoms with Gasteiger partial charge in [-0.15, -0.1) is 11.3 Å². The van der Waals surface area contributed by atoms with E-state index < -0.39 is 0 Å². The normalized spacial score (nSPS) is 14.3. The van der Waals surface area contributed by atoms with Crippen LogP contribution in [0, 0.1) is 5.82 Å². The largest absolute Gasteiger partial charge is 0.353 e. The molecule has 0 N–H and O–H groups in total. The van der Waals surface area contributed by atoms with Crippen LogP contribution in [0.15, 0.2) is 54.0 Å². The summed E-state index contributed by atoms with van der Waals surface area (Å²) in [5.74, 6) is 0.823. The summed E-state index contributed by atoms with van der Waals surface area (Å²) >= 11 is 1.41. The Hall–Kier alpha value is -2.80. The van der Waals surface area contributed by atoms with Gasteiger partial charge in [0.1, 0.15) is 16.6 Å². The van der Waals surface area contributed by atoms with Gasteiger partial charge in [0.05, 0.1) is 5.69 Å². The topological polar surface area (TPSA) is 49.3 Å². The lowest BCUT2D eigenvalue weighted by Crippen LogP contribution is -2.49. The van der Waals surface area contributed by atoms with E-state index in [4.69, 9.17) is 0 Å². The molecule has 1 aromatic carbocycles. The Morgan fingerprint density at radius 3 is 2.61 bits per heavy atom. The molecule has 5 nitrogen and oxygen atoms in total. The molecule has 1 aliphatic rings. The predicted octanol–water partition coefficient (Wildman–Crippen LogP) is 3.63. The SMILES string of the molecule is O=C(CCc1csc(-c2ccccc2F)n1)N1CCN(c2ccccn2)CC1. The van der Waals surface area contributed by atoms with Gasteiger partial charge in [0, 0.05) is 49.7 Å². The number of pyridine rings is 1. The van der Waals surface area contributed by atoms with Gasteiger partial charge in [0.25, 0.3) is 0 Å². The Bertz CT molecular complexity index is 938. The molecular weight excluding hydrogens is 375 g/mol. The van der Waals surface area contributed by atoms with Crippen molar-refractivity contribution < 1.29 is 9.18 Å². The van der Waals surface area contributed by atoms with Crippen molar-refractivity contribution in [3.8, 4) is 10.6 Å². The summed E-state index contributed by atoms with van der Waals surface area (Å²) in [5, 5.41) is 2.57. The Morgan fingerprint density at radius 1 is 1.07 bits per heavy atom. The van der Waals surface area contributed by atoms with Crippen molar-refractivity contribution in [1.82, 2.24) is 14.9 Å². The maximum absolute atomic E-state index is 13.9. The lowest BCUT2D eigenvalue weighted by atomic mass is 10.2. The summed E-state index contributed by atoms with van der Waals surface area (Å²) in [4.78, 5) is 25.5. The Balaban J connectivity index is 1.29. The average Bonchev–Trinajstić information content (AvgIpc) is 3.22. The quantitative estimate of drug-likeness (QED) is 0.661. The summed E-state index contributed by atoms with van der Waals surface area (Å²) in [6, 6.07) is 12.5. The number of carbonyl (C=O) groups is 1. The zero-order valence-electron chi connectivity index (χ0n) is 15.4. The summed E-state index contributed by atoms with van der Waals surface area (Å²) in [5.41, 5.74) is 1.35. The van der Waals surface area contributed by atoms with Crippen molar-refractivity contribution >= 4 is 23.1 Å².